The van der Waals surface area contributed by atoms with Crippen molar-refractivity contribution in [3.05, 3.63) is 58.1 Å². The van der Waals surface area contributed by atoms with Crippen LogP contribution in [-0.2, 0) is 28.4 Å². The third-order valence-electron chi connectivity index (χ3n) is 6.69. The van der Waals surface area contributed by atoms with Crippen molar-refractivity contribution < 1.29 is 54.9 Å². The number of hydrogen-bond acceptors (Lipinski definition) is 6. The van der Waals surface area contributed by atoms with Crippen molar-refractivity contribution in [2.45, 2.75) is 51.2 Å². The zero-order valence-corrected chi connectivity index (χ0v) is 23.3. The number of halogens is 6. The lowest BCUT2D eigenvalue weighted by Crippen LogP contribution is -2.48. The lowest BCUT2D eigenvalue weighted by Gasteiger charge is -2.42. The van der Waals surface area contributed by atoms with Gasteiger partial charge >= 0.3 is 24.5 Å². The van der Waals surface area contributed by atoms with E-state index < -0.39 is 65.8 Å². The van der Waals surface area contributed by atoms with Gasteiger partial charge in [-0.3, -0.25) is 14.6 Å². The Labute approximate surface area is 237 Å². The van der Waals surface area contributed by atoms with Crippen LogP contribution < -0.4 is 15.0 Å². The third-order valence-corrected chi connectivity index (χ3v) is 6.69. The molecule has 1 N–H and O–H groups in total. The Morgan fingerprint density at radius 2 is 1.60 bits per heavy atom. The molecule has 0 unspecified atom stereocenters. The van der Waals surface area contributed by atoms with Gasteiger partial charge in [0.2, 0.25) is 0 Å². The second-order valence-electron chi connectivity index (χ2n) is 9.37. The van der Waals surface area contributed by atoms with E-state index in [1.54, 1.807) is 13.8 Å². The summed E-state index contributed by atoms with van der Waals surface area (Å²) in [6, 6.07) is 2.03. The summed E-state index contributed by atoms with van der Waals surface area (Å²) >= 11 is 0. The minimum Gasteiger partial charge on any atom is -0.496 e. The number of hydrogen-bond donors (Lipinski definition) is 1. The SMILES string of the molecule is CCOC(=O)N1c2cc(C(=O)NC)c(OC)cc2[C@H](N(Cc2cc(C(F)(F)F)cc(C(F)(F)F)c2)C(=O)OC)C[C@@H]1C. The van der Waals surface area contributed by atoms with Crippen LogP contribution in [0.2, 0.25) is 0 Å². The van der Waals surface area contributed by atoms with Crippen LogP contribution in [0.25, 0.3) is 0 Å². The standard InChI is InChI=1S/C27H29F6N3O6/c1-6-42-25(39)36-14(2)7-20(18-12-22(40-4)19(11-21(18)36)23(37)34-3)35(24(38)41-5)13-15-8-16(26(28,29)30)10-17(9-15)27(31,32)33/h8-12,14,20H,6-7,13H2,1-5H3,(H,34,37)/t14-,20+/m0/s1. The molecule has 1 aliphatic heterocycles. The van der Waals surface area contributed by atoms with E-state index in [4.69, 9.17) is 14.2 Å². The van der Waals surface area contributed by atoms with Gasteiger partial charge in [0, 0.05) is 25.2 Å². The van der Waals surface area contributed by atoms with E-state index in [1.807, 2.05) is 0 Å². The summed E-state index contributed by atoms with van der Waals surface area (Å²) in [6.45, 7) is 2.50. The number of carbonyl (C=O) groups is 3. The van der Waals surface area contributed by atoms with Gasteiger partial charge in [-0.25, -0.2) is 9.59 Å². The van der Waals surface area contributed by atoms with Crippen LogP contribution in [0.3, 0.4) is 0 Å². The van der Waals surface area contributed by atoms with Crippen molar-refractivity contribution in [3.63, 3.8) is 0 Å². The van der Waals surface area contributed by atoms with Gasteiger partial charge in [0.25, 0.3) is 5.91 Å². The summed E-state index contributed by atoms with van der Waals surface area (Å²) in [5.74, 6) is -0.526. The molecule has 230 valence electrons. The molecule has 0 bridgehead atoms. The van der Waals surface area contributed by atoms with Gasteiger partial charge in [0.05, 0.1) is 49.2 Å². The highest BCUT2D eigenvalue weighted by Gasteiger charge is 2.42. The number of ether oxygens (including phenoxy) is 3. The minimum absolute atomic E-state index is 0.00758. The minimum atomic E-state index is -5.10. The van der Waals surface area contributed by atoms with E-state index in [9.17, 15) is 40.7 Å². The number of fused-ring (bicyclic) bond motifs is 1. The van der Waals surface area contributed by atoms with Crippen LogP contribution in [0.4, 0.5) is 41.6 Å². The molecule has 0 fully saturated rings. The summed E-state index contributed by atoms with van der Waals surface area (Å²) in [7, 11) is 3.66. The van der Waals surface area contributed by atoms with Crippen molar-refractivity contribution in [2.75, 3.05) is 32.8 Å². The van der Waals surface area contributed by atoms with Crippen LogP contribution in [0, 0.1) is 0 Å². The first-order valence-electron chi connectivity index (χ1n) is 12.6. The summed E-state index contributed by atoms with van der Waals surface area (Å²) in [4.78, 5) is 40.8. The molecule has 2 atom stereocenters. The molecule has 15 heteroatoms. The quantitative estimate of drug-likeness (QED) is 0.397. The van der Waals surface area contributed by atoms with E-state index in [1.165, 1.54) is 31.2 Å². The van der Waals surface area contributed by atoms with Crippen molar-refractivity contribution in [3.8, 4) is 5.75 Å². The Bertz CT molecular complexity index is 1310. The van der Waals surface area contributed by atoms with E-state index in [2.05, 4.69) is 5.32 Å². The zero-order valence-electron chi connectivity index (χ0n) is 23.3. The summed E-state index contributed by atoms with van der Waals surface area (Å²) in [5.41, 5.74) is -3.17. The third kappa shape index (κ3) is 6.65. The average molecular weight is 606 g/mol. The van der Waals surface area contributed by atoms with Crippen LogP contribution >= 0.6 is 0 Å². The van der Waals surface area contributed by atoms with Crippen LogP contribution in [0.1, 0.15) is 58.9 Å². The van der Waals surface area contributed by atoms with Crippen molar-refractivity contribution in [1.29, 1.82) is 0 Å². The number of amides is 3. The predicted molar refractivity (Wildman–Crippen MR) is 137 cm³/mol. The van der Waals surface area contributed by atoms with Crippen LogP contribution in [0.15, 0.2) is 30.3 Å². The molecule has 3 rings (SSSR count). The fourth-order valence-electron chi connectivity index (χ4n) is 4.83. The zero-order chi connectivity index (χ0) is 31.6. The van der Waals surface area contributed by atoms with Gasteiger partial charge in [0.15, 0.2) is 0 Å². The van der Waals surface area contributed by atoms with Crippen LogP contribution in [0.5, 0.6) is 5.75 Å². The van der Waals surface area contributed by atoms with Crippen molar-refractivity contribution in [2.24, 2.45) is 0 Å². The number of nitrogens with one attached hydrogen (secondary N) is 1. The second-order valence-corrected chi connectivity index (χ2v) is 9.37. The van der Waals surface area contributed by atoms with E-state index >= 15 is 0 Å². The molecule has 2 aromatic carbocycles. The molecule has 3 amide bonds. The molecule has 0 aromatic heterocycles. The Morgan fingerprint density at radius 3 is 2.07 bits per heavy atom. The Morgan fingerprint density at radius 1 is 1.00 bits per heavy atom. The first-order valence-corrected chi connectivity index (χ1v) is 12.6. The Hall–Kier alpha value is -4.17. The fraction of sp³-hybridized carbons (Fsp3) is 0.444. The fourth-order valence-corrected chi connectivity index (χ4v) is 4.83. The number of benzene rings is 2. The van der Waals surface area contributed by atoms with Gasteiger partial charge in [-0.1, -0.05) is 0 Å². The molecule has 0 aliphatic carbocycles. The molecule has 42 heavy (non-hydrogen) atoms. The normalized spacial score (nSPS) is 16.8. The van der Waals surface area contributed by atoms with Gasteiger partial charge in [-0.05, 0) is 56.2 Å². The molecular formula is C27H29F6N3O6. The molecule has 2 aromatic rings. The number of anilines is 1. The average Bonchev–Trinajstić information content (AvgIpc) is 2.92. The van der Waals surface area contributed by atoms with Gasteiger partial charge in [-0.2, -0.15) is 26.3 Å². The Kier molecular flexibility index (Phi) is 9.53. The van der Waals surface area contributed by atoms with Crippen molar-refractivity contribution >= 4 is 23.8 Å². The first kappa shape index (κ1) is 32.3. The molecular weight excluding hydrogens is 576 g/mol. The maximum absolute atomic E-state index is 13.5. The monoisotopic (exact) mass is 605 g/mol. The lowest BCUT2D eigenvalue weighted by atomic mass is 9.89. The number of methoxy groups -OCH3 is 2. The number of carbonyl (C=O) groups excluding carboxylic acids is 3. The van der Waals surface area contributed by atoms with Crippen LogP contribution in [-0.4, -0.2) is 56.9 Å². The summed E-state index contributed by atoms with van der Waals surface area (Å²) in [5, 5.41) is 2.45. The van der Waals surface area contributed by atoms with Gasteiger partial charge in [-0.15, -0.1) is 0 Å². The maximum Gasteiger partial charge on any atom is 0.416 e. The molecule has 9 nitrogen and oxygen atoms in total. The molecule has 1 aliphatic rings. The lowest BCUT2D eigenvalue weighted by molar-refractivity contribution is -0.143. The largest absolute Gasteiger partial charge is 0.496 e. The molecule has 0 saturated heterocycles. The predicted octanol–water partition coefficient (Wildman–Crippen LogP) is 6.16. The molecule has 0 saturated carbocycles. The smallest absolute Gasteiger partial charge is 0.416 e. The topological polar surface area (TPSA) is 97.4 Å². The van der Waals surface area contributed by atoms with E-state index in [0.29, 0.717) is 12.1 Å². The summed E-state index contributed by atoms with van der Waals surface area (Å²) in [6.07, 6.45) is -12.0. The number of alkyl halides is 6. The maximum atomic E-state index is 13.5. The molecule has 0 radical (unpaired) electrons. The van der Waals surface area contributed by atoms with Crippen molar-refractivity contribution in [1.82, 2.24) is 10.2 Å². The number of nitrogens with zero attached hydrogens (tertiary/aromatic N) is 2. The molecule has 0 spiro atoms. The number of rotatable bonds is 6. The molecule has 1 heterocycles. The second kappa shape index (κ2) is 12.4. The highest BCUT2D eigenvalue weighted by Crippen LogP contribution is 2.45. The first-order chi connectivity index (χ1) is 19.6. The Balaban J connectivity index is 2.25. The van der Waals surface area contributed by atoms with Gasteiger partial charge in [0.1, 0.15) is 5.75 Å². The summed E-state index contributed by atoms with van der Waals surface area (Å²) < 4.78 is 96.6. The van der Waals surface area contributed by atoms with Gasteiger partial charge < -0.3 is 19.5 Å². The van der Waals surface area contributed by atoms with E-state index in [-0.39, 0.29) is 41.7 Å². The highest BCUT2D eigenvalue weighted by atomic mass is 19.4. The highest BCUT2D eigenvalue weighted by molar-refractivity contribution is 6.00. The van der Waals surface area contributed by atoms with E-state index in [0.717, 1.165) is 12.0 Å².